The number of nitrogens with one attached hydrogen (secondary N) is 1. The number of methoxy groups -OCH3 is 1. The van der Waals surface area contributed by atoms with Gasteiger partial charge in [0.05, 0.1) is 7.11 Å². The number of halogens is 1. The van der Waals surface area contributed by atoms with Crippen molar-refractivity contribution in [2.75, 3.05) is 20.2 Å². The van der Waals surface area contributed by atoms with Crippen LogP contribution in [0.4, 0.5) is 0 Å². The summed E-state index contributed by atoms with van der Waals surface area (Å²) in [5, 5.41) is 3.33. The zero-order chi connectivity index (χ0) is 11.7. The van der Waals surface area contributed by atoms with Gasteiger partial charge in [-0.2, -0.15) is 0 Å². The SMILES string of the molecule is COc1ccc2c(c1O[C@@H]1CCNC1)CCC2.Cl. The van der Waals surface area contributed by atoms with Gasteiger partial charge >= 0.3 is 0 Å². The summed E-state index contributed by atoms with van der Waals surface area (Å²) in [5.41, 5.74) is 2.81. The molecule has 100 valence electrons. The summed E-state index contributed by atoms with van der Waals surface area (Å²) < 4.78 is 11.6. The van der Waals surface area contributed by atoms with E-state index in [4.69, 9.17) is 9.47 Å². The number of rotatable bonds is 3. The minimum Gasteiger partial charge on any atom is -0.493 e. The minimum atomic E-state index is 0. The zero-order valence-corrected chi connectivity index (χ0v) is 11.5. The van der Waals surface area contributed by atoms with Crippen LogP contribution >= 0.6 is 12.4 Å². The molecule has 2 aliphatic rings. The maximum Gasteiger partial charge on any atom is 0.165 e. The summed E-state index contributed by atoms with van der Waals surface area (Å²) >= 11 is 0. The summed E-state index contributed by atoms with van der Waals surface area (Å²) in [4.78, 5) is 0. The van der Waals surface area contributed by atoms with E-state index in [0.29, 0.717) is 6.10 Å². The molecule has 1 aromatic rings. The van der Waals surface area contributed by atoms with Gasteiger partial charge in [-0.1, -0.05) is 6.07 Å². The van der Waals surface area contributed by atoms with E-state index in [1.54, 1.807) is 7.11 Å². The molecule has 3 nitrogen and oxygen atoms in total. The molecule has 1 saturated heterocycles. The Balaban J connectivity index is 0.00000120. The van der Waals surface area contributed by atoms with Crippen molar-refractivity contribution in [3.63, 3.8) is 0 Å². The first-order valence-electron chi connectivity index (χ1n) is 6.44. The van der Waals surface area contributed by atoms with Gasteiger partial charge in [0, 0.05) is 12.1 Å². The summed E-state index contributed by atoms with van der Waals surface area (Å²) in [7, 11) is 1.72. The van der Waals surface area contributed by atoms with Crippen molar-refractivity contribution in [3.05, 3.63) is 23.3 Å². The molecule has 0 saturated carbocycles. The Morgan fingerprint density at radius 3 is 2.89 bits per heavy atom. The van der Waals surface area contributed by atoms with Gasteiger partial charge < -0.3 is 14.8 Å². The molecule has 1 N–H and O–H groups in total. The van der Waals surface area contributed by atoms with Crippen molar-refractivity contribution in [3.8, 4) is 11.5 Å². The lowest BCUT2D eigenvalue weighted by atomic mass is 10.1. The molecule has 1 aromatic carbocycles. The van der Waals surface area contributed by atoms with Gasteiger partial charge in [0.15, 0.2) is 11.5 Å². The average Bonchev–Trinajstić information content (AvgIpc) is 2.99. The molecular formula is C14H20ClNO2. The summed E-state index contributed by atoms with van der Waals surface area (Å²) in [6, 6.07) is 4.22. The van der Waals surface area contributed by atoms with E-state index >= 15 is 0 Å². The number of ether oxygens (including phenoxy) is 2. The third-order valence-corrected chi connectivity index (χ3v) is 3.71. The molecule has 0 bridgehead atoms. The second-order valence-electron chi connectivity index (χ2n) is 4.82. The Bertz CT molecular complexity index is 417. The predicted octanol–water partition coefficient (Wildman–Crippen LogP) is 2.35. The third-order valence-electron chi connectivity index (χ3n) is 3.71. The Hall–Kier alpha value is -0.930. The van der Waals surface area contributed by atoms with Gasteiger partial charge in [-0.3, -0.25) is 0 Å². The van der Waals surface area contributed by atoms with E-state index in [-0.39, 0.29) is 12.4 Å². The first kappa shape index (κ1) is 13.5. The quantitative estimate of drug-likeness (QED) is 0.914. The molecule has 0 radical (unpaired) electrons. The maximum absolute atomic E-state index is 6.15. The lowest BCUT2D eigenvalue weighted by molar-refractivity contribution is 0.210. The zero-order valence-electron chi connectivity index (χ0n) is 10.7. The molecule has 0 spiro atoms. The van der Waals surface area contributed by atoms with Crippen molar-refractivity contribution in [1.82, 2.24) is 5.32 Å². The molecule has 18 heavy (non-hydrogen) atoms. The Morgan fingerprint density at radius 1 is 1.28 bits per heavy atom. The smallest absolute Gasteiger partial charge is 0.165 e. The predicted molar refractivity (Wildman–Crippen MR) is 74.2 cm³/mol. The van der Waals surface area contributed by atoms with Crippen LogP contribution in [0, 0.1) is 0 Å². The van der Waals surface area contributed by atoms with Gasteiger partial charge in [0.25, 0.3) is 0 Å². The van der Waals surface area contributed by atoms with Crippen molar-refractivity contribution in [2.45, 2.75) is 31.8 Å². The van der Waals surface area contributed by atoms with Crippen LogP contribution in [0.5, 0.6) is 11.5 Å². The second-order valence-corrected chi connectivity index (χ2v) is 4.82. The lowest BCUT2D eigenvalue weighted by Gasteiger charge is -2.18. The van der Waals surface area contributed by atoms with Gasteiger partial charge in [0.2, 0.25) is 0 Å². The van der Waals surface area contributed by atoms with E-state index in [9.17, 15) is 0 Å². The largest absolute Gasteiger partial charge is 0.493 e. The standard InChI is InChI=1S/C14H19NO2.ClH/c1-16-13-6-5-10-3-2-4-12(10)14(13)17-11-7-8-15-9-11;/h5-6,11,15H,2-4,7-9H2,1H3;1H/t11-;/m1./s1. The van der Waals surface area contributed by atoms with Crippen LogP contribution in [0.25, 0.3) is 0 Å². The number of fused-ring (bicyclic) bond motifs is 1. The van der Waals surface area contributed by atoms with Crippen LogP contribution in [0.2, 0.25) is 0 Å². The molecule has 1 heterocycles. The highest BCUT2D eigenvalue weighted by Gasteiger charge is 2.23. The van der Waals surface area contributed by atoms with Gasteiger partial charge in [-0.15, -0.1) is 12.4 Å². The monoisotopic (exact) mass is 269 g/mol. The van der Waals surface area contributed by atoms with Gasteiger partial charge in [0.1, 0.15) is 6.10 Å². The summed E-state index contributed by atoms with van der Waals surface area (Å²) in [5.74, 6) is 1.88. The number of hydrogen-bond donors (Lipinski definition) is 1. The Morgan fingerprint density at radius 2 is 2.17 bits per heavy atom. The number of benzene rings is 1. The van der Waals surface area contributed by atoms with Crippen LogP contribution in [-0.2, 0) is 12.8 Å². The van der Waals surface area contributed by atoms with E-state index in [1.165, 1.54) is 24.0 Å². The topological polar surface area (TPSA) is 30.5 Å². The fourth-order valence-electron chi connectivity index (χ4n) is 2.80. The van der Waals surface area contributed by atoms with Gasteiger partial charge in [-0.05, 0) is 43.9 Å². The highest BCUT2D eigenvalue weighted by atomic mass is 35.5. The first-order valence-corrected chi connectivity index (χ1v) is 6.44. The molecule has 4 heteroatoms. The van der Waals surface area contributed by atoms with Crippen molar-refractivity contribution < 1.29 is 9.47 Å². The van der Waals surface area contributed by atoms with Crippen molar-refractivity contribution in [1.29, 1.82) is 0 Å². The Kier molecular flexibility index (Phi) is 4.36. The molecule has 3 rings (SSSR count). The van der Waals surface area contributed by atoms with Crippen molar-refractivity contribution in [2.24, 2.45) is 0 Å². The molecule has 0 aromatic heterocycles. The fourth-order valence-corrected chi connectivity index (χ4v) is 2.80. The highest BCUT2D eigenvalue weighted by molar-refractivity contribution is 5.85. The lowest BCUT2D eigenvalue weighted by Crippen LogP contribution is -2.20. The molecule has 1 fully saturated rings. The molecule has 1 atom stereocenters. The third kappa shape index (κ3) is 2.43. The fraction of sp³-hybridized carbons (Fsp3) is 0.571. The van der Waals surface area contributed by atoms with Crippen molar-refractivity contribution >= 4 is 12.4 Å². The maximum atomic E-state index is 6.15. The number of aryl methyl sites for hydroxylation is 1. The molecule has 0 unspecified atom stereocenters. The molecule has 1 aliphatic carbocycles. The second kappa shape index (κ2) is 5.81. The normalized spacial score (nSPS) is 21.3. The highest BCUT2D eigenvalue weighted by Crippen LogP contribution is 2.39. The van der Waals surface area contributed by atoms with E-state index in [0.717, 1.165) is 37.4 Å². The van der Waals surface area contributed by atoms with Crippen LogP contribution in [-0.4, -0.2) is 26.3 Å². The summed E-state index contributed by atoms with van der Waals surface area (Å²) in [6.07, 6.45) is 4.94. The summed E-state index contributed by atoms with van der Waals surface area (Å²) in [6.45, 7) is 2.01. The first-order chi connectivity index (χ1) is 8.38. The van der Waals surface area contributed by atoms with Gasteiger partial charge in [-0.25, -0.2) is 0 Å². The molecule has 0 amide bonds. The van der Waals surface area contributed by atoms with Crippen LogP contribution in [0.1, 0.15) is 24.0 Å². The number of hydrogen-bond acceptors (Lipinski definition) is 3. The van der Waals surface area contributed by atoms with Crippen LogP contribution < -0.4 is 14.8 Å². The average molecular weight is 270 g/mol. The van der Waals surface area contributed by atoms with Crippen LogP contribution in [0.15, 0.2) is 12.1 Å². The van der Waals surface area contributed by atoms with E-state index < -0.39 is 0 Å². The van der Waals surface area contributed by atoms with E-state index in [1.807, 2.05) is 6.07 Å². The minimum absolute atomic E-state index is 0. The molecule has 1 aliphatic heterocycles. The Labute approximate surface area is 114 Å². The molecular weight excluding hydrogens is 250 g/mol. The van der Waals surface area contributed by atoms with E-state index in [2.05, 4.69) is 11.4 Å². The van der Waals surface area contributed by atoms with Crippen LogP contribution in [0.3, 0.4) is 0 Å².